The molecule has 1 amide bonds. The van der Waals surface area contributed by atoms with E-state index in [0.29, 0.717) is 13.1 Å². The molecule has 2 aliphatic heterocycles. The van der Waals surface area contributed by atoms with Crippen molar-refractivity contribution in [3.63, 3.8) is 0 Å². The first-order chi connectivity index (χ1) is 12.9. The van der Waals surface area contributed by atoms with Crippen LogP contribution in [0.25, 0.3) is 0 Å². The first kappa shape index (κ1) is 20.1. The highest BCUT2D eigenvalue weighted by atomic mass is 32.2. The minimum absolute atomic E-state index is 0.0536. The number of anilines is 1. The molecule has 0 unspecified atom stereocenters. The zero-order chi connectivity index (χ0) is 19.4. The molecule has 27 heavy (non-hydrogen) atoms. The van der Waals surface area contributed by atoms with Gasteiger partial charge in [0.25, 0.3) is 0 Å². The van der Waals surface area contributed by atoms with Crippen molar-refractivity contribution in [1.29, 1.82) is 0 Å². The molecule has 2 heterocycles. The molecule has 0 bridgehead atoms. The summed E-state index contributed by atoms with van der Waals surface area (Å²) in [4.78, 5) is 15.1. The lowest BCUT2D eigenvalue weighted by Crippen LogP contribution is -2.46. The zero-order valence-corrected chi connectivity index (χ0v) is 17.2. The summed E-state index contributed by atoms with van der Waals surface area (Å²) in [6.07, 6.45) is 3.97. The quantitative estimate of drug-likeness (QED) is 0.806. The first-order valence-electron chi connectivity index (χ1n) is 10.0. The molecule has 7 heteroatoms. The monoisotopic (exact) mass is 393 g/mol. The van der Waals surface area contributed by atoms with E-state index in [-0.39, 0.29) is 23.6 Å². The molecule has 2 atom stereocenters. The van der Waals surface area contributed by atoms with Crippen LogP contribution >= 0.6 is 0 Å². The Labute approximate surface area is 163 Å². The number of nitrogens with zero attached hydrogens (tertiary/aromatic N) is 2. The SMILES string of the molecule is CCS(=O)(=O)N1CCC[C@H](C(=O)N[C@@H](C)c2ccc(N3CCCC3)cc2)C1. The molecule has 1 aromatic carbocycles. The van der Waals surface area contributed by atoms with Crippen LogP contribution in [0.4, 0.5) is 5.69 Å². The molecule has 6 nitrogen and oxygen atoms in total. The maximum Gasteiger partial charge on any atom is 0.224 e. The zero-order valence-electron chi connectivity index (χ0n) is 16.4. The topological polar surface area (TPSA) is 69.7 Å². The standard InChI is InChI=1S/C20H31N3O3S/c1-3-27(25,26)23-14-6-7-18(15-23)20(24)21-16(2)17-8-10-19(11-9-17)22-12-4-5-13-22/h8-11,16,18H,3-7,12-15H2,1-2H3,(H,21,24)/t16-,18-/m0/s1. The lowest BCUT2D eigenvalue weighted by Gasteiger charge is -2.31. The lowest BCUT2D eigenvalue weighted by atomic mass is 9.98. The molecule has 1 N–H and O–H groups in total. The highest BCUT2D eigenvalue weighted by molar-refractivity contribution is 7.89. The second-order valence-corrected chi connectivity index (χ2v) is 9.87. The summed E-state index contributed by atoms with van der Waals surface area (Å²) in [5.74, 6) is -0.241. The van der Waals surface area contributed by atoms with Crippen LogP contribution in [-0.2, 0) is 14.8 Å². The van der Waals surface area contributed by atoms with Gasteiger partial charge in [-0.15, -0.1) is 0 Å². The van der Waals surface area contributed by atoms with Crippen LogP contribution in [0.3, 0.4) is 0 Å². The number of amides is 1. The third kappa shape index (κ3) is 4.82. The Morgan fingerprint density at radius 3 is 2.44 bits per heavy atom. The van der Waals surface area contributed by atoms with Gasteiger partial charge in [0.1, 0.15) is 0 Å². The molecule has 3 rings (SSSR count). The molecular formula is C20H31N3O3S. The molecule has 0 aliphatic carbocycles. The van der Waals surface area contributed by atoms with Gasteiger partial charge < -0.3 is 10.2 Å². The number of benzene rings is 1. The third-order valence-corrected chi connectivity index (χ3v) is 7.58. The second-order valence-electron chi connectivity index (χ2n) is 7.61. The van der Waals surface area contributed by atoms with Gasteiger partial charge in [0.15, 0.2) is 0 Å². The average molecular weight is 394 g/mol. The number of carbonyl (C=O) groups excluding carboxylic acids is 1. The molecule has 0 radical (unpaired) electrons. The Morgan fingerprint density at radius 2 is 1.81 bits per heavy atom. The highest BCUT2D eigenvalue weighted by Crippen LogP contribution is 2.24. The van der Waals surface area contributed by atoms with E-state index in [4.69, 9.17) is 0 Å². The van der Waals surface area contributed by atoms with Gasteiger partial charge in [-0.1, -0.05) is 12.1 Å². The Kier molecular flexibility index (Phi) is 6.42. The smallest absolute Gasteiger partial charge is 0.224 e. The summed E-state index contributed by atoms with van der Waals surface area (Å²) in [6, 6.07) is 8.31. The van der Waals surface area contributed by atoms with Crippen molar-refractivity contribution in [2.75, 3.05) is 36.8 Å². The van der Waals surface area contributed by atoms with Crippen LogP contribution in [0, 0.1) is 5.92 Å². The van der Waals surface area contributed by atoms with Gasteiger partial charge >= 0.3 is 0 Å². The summed E-state index contributed by atoms with van der Waals surface area (Å²) in [5, 5.41) is 3.07. The van der Waals surface area contributed by atoms with E-state index in [0.717, 1.165) is 31.5 Å². The van der Waals surface area contributed by atoms with Crippen LogP contribution in [0.15, 0.2) is 24.3 Å². The number of rotatable bonds is 6. The molecular weight excluding hydrogens is 362 g/mol. The minimum Gasteiger partial charge on any atom is -0.372 e. The van der Waals surface area contributed by atoms with E-state index in [1.165, 1.54) is 22.8 Å². The fourth-order valence-electron chi connectivity index (χ4n) is 3.96. The summed E-state index contributed by atoms with van der Waals surface area (Å²) in [7, 11) is -3.23. The Hall–Kier alpha value is -1.60. The fourth-order valence-corrected chi connectivity index (χ4v) is 5.13. The van der Waals surface area contributed by atoms with E-state index in [2.05, 4.69) is 34.5 Å². The summed E-state index contributed by atoms with van der Waals surface area (Å²) < 4.78 is 25.7. The van der Waals surface area contributed by atoms with Gasteiger partial charge in [-0.25, -0.2) is 12.7 Å². The molecule has 2 saturated heterocycles. The van der Waals surface area contributed by atoms with Crippen LogP contribution < -0.4 is 10.2 Å². The van der Waals surface area contributed by atoms with Crippen LogP contribution in [-0.4, -0.2) is 50.6 Å². The van der Waals surface area contributed by atoms with E-state index < -0.39 is 10.0 Å². The lowest BCUT2D eigenvalue weighted by molar-refractivity contribution is -0.126. The Balaban J connectivity index is 1.58. The number of hydrogen-bond acceptors (Lipinski definition) is 4. The Bertz CT molecular complexity index is 742. The summed E-state index contributed by atoms with van der Waals surface area (Å²) in [5.41, 5.74) is 2.31. The Morgan fingerprint density at radius 1 is 1.15 bits per heavy atom. The first-order valence-corrected chi connectivity index (χ1v) is 11.6. The maximum atomic E-state index is 12.7. The number of sulfonamides is 1. The number of piperidine rings is 1. The molecule has 0 saturated carbocycles. The molecule has 0 aromatic heterocycles. The van der Waals surface area contributed by atoms with Crippen molar-refractivity contribution in [1.82, 2.24) is 9.62 Å². The van der Waals surface area contributed by atoms with Gasteiger partial charge in [-0.05, 0) is 57.2 Å². The van der Waals surface area contributed by atoms with E-state index >= 15 is 0 Å². The number of hydrogen-bond donors (Lipinski definition) is 1. The van der Waals surface area contributed by atoms with Crippen molar-refractivity contribution in [2.45, 2.75) is 45.6 Å². The van der Waals surface area contributed by atoms with Gasteiger partial charge in [0.05, 0.1) is 17.7 Å². The molecule has 150 valence electrons. The second kappa shape index (κ2) is 8.61. The largest absolute Gasteiger partial charge is 0.372 e. The summed E-state index contributed by atoms with van der Waals surface area (Å²) >= 11 is 0. The van der Waals surface area contributed by atoms with E-state index in [1.807, 2.05) is 6.92 Å². The van der Waals surface area contributed by atoms with Crippen LogP contribution in [0.1, 0.15) is 51.1 Å². The van der Waals surface area contributed by atoms with Gasteiger partial charge in [0.2, 0.25) is 15.9 Å². The maximum absolute atomic E-state index is 12.7. The van der Waals surface area contributed by atoms with Gasteiger partial charge in [0, 0.05) is 31.9 Å². The highest BCUT2D eigenvalue weighted by Gasteiger charge is 2.31. The fraction of sp³-hybridized carbons (Fsp3) is 0.650. The summed E-state index contributed by atoms with van der Waals surface area (Å²) in [6.45, 7) is 6.67. The van der Waals surface area contributed by atoms with E-state index in [9.17, 15) is 13.2 Å². The van der Waals surface area contributed by atoms with Crippen molar-refractivity contribution in [2.24, 2.45) is 5.92 Å². The predicted molar refractivity (Wildman–Crippen MR) is 108 cm³/mol. The third-order valence-electron chi connectivity index (χ3n) is 5.74. The average Bonchev–Trinajstić information content (AvgIpc) is 3.23. The predicted octanol–water partition coefficient (Wildman–Crippen LogP) is 2.53. The minimum atomic E-state index is -3.23. The van der Waals surface area contributed by atoms with Crippen molar-refractivity contribution >= 4 is 21.6 Å². The van der Waals surface area contributed by atoms with Crippen LogP contribution in [0.2, 0.25) is 0 Å². The van der Waals surface area contributed by atoms with Crippen molar-refractivity contribution in [3.05, 3.63) is 29.8 Å². The molecule has 2 fully saturated rings. The van der Waals surface area contributed by atoms with Crippen molar-refractivity contribution in [3.8, 4) is 0 Å². The number of nitrogens with one attached hydrogen (secondary N) is 1. The van der Waals surface area contributed by atoms with E-state index in [1.54, 1.807) is 6.92 Å². The molecule has 2 aliphatic rings. The van der Waals surface area contributed by atoms with Gasteiger partial charge in [-0.2, -0.15) is 0 Å². The van der Waals surface area contributed by atoms with Crippen molar-refractivity contribution < 1.29 is 13.2 Å². The molecule has 1 aromatic rings. The normalized spacial score (nSPS) is 22.6. The number of carbonyl (C=O) groups is 1. The van der Waals surface area contributed by atoms with Crippen LogP contribution in [0.5, 0.6) is 0 Å². The van der Waals surface area contributed by atoms with Gasteiger partial charge in [-0.3, -0.25) is 4.79 Å². The molecule has 0 spiro atoms.